The molecule has 148 valence electrons. The zero-order valence-corrected chi connectivity index (χ0v) is 18.1. The lowest BCUT2D eigenvalue weighted by atomic mass is 9.71. The molecule has 1 unspecified atom stereocenters. The number of nitrogens with zero attached hydrogens (tertiary/aromatic N) is 2. The summed E-state index contributed by atoms with van der Waals surface area (Å²) in [6, 6.07) is 0. The van der Waals surface area contributed by atoms with Crippen LogP contribution in [0.1, 0.15) is 80.5 Å². The van der Waals surface area contributed by atoms with Crippen molar-refractivity contribution in [2.24, 2.45) is 11.3 Å². The lowest BCUT2D eigenvalue weighted by Gasteiger charge is -2.33. The van der Waals surface area contributed by atoms with Crippen LogP contribution in [0, 0.1) is 11.3 Å². The molecule has 27 heavy (non-hydrogen) atoms. The summed E-state index contributed by atoms with van der Waals surface area (Å²) in [6.07, 6.45) is 3.56. The molecular formula is C21H31N3O2S. The summed E-state index contributed by atoms with van der Waals surface area (Å²) in [5.74, 6) is 1.29. The minimum absolute atomic E-state index is 0.0569. The van der Waals surface area contributed by atoms with Crippen molar-refractivity contribution in [3.8, 4) is 0 Å². The third-order valence-electron chi connectivity index (χ3n) is 5.42. The molecule has 0 spiro atoms. The molecule has 0 radical (unpaired) electrons. The fourth-order valence-electron chi connectivity index (χ4n) is 3.46. The molecule has 2 aromatic heterocycles. The van der Waals surface area contributed by atoms with E-state index in [1.165, 1.54) is 0 Å². The maximum Gasteiger partial charge on any atom is 0.273 e. The van der Waals surface area contributed by atoms with E-state index in [1.807, 2.05) is 0 Å². The number of hydrogen-bond donors (Lipinski definition) is 1. The van der Waals surface area contributed by atoms with Crippen molar-refractivity contribution in [3.63, 3.8) is 0 Å². The van der Waals surface area contributed by atoms with Crippen LogP contribution >= 0.6 is 11.3 Å². The maximum absolute atomic E-state index is 12.6. The molecule has 1 aliphatic carbocycles. The molecule has 0 aromatic carbocycles. The number of carbonyl (C=O) groups excluding carboxylic acids is 1. The summed E-state index contributed by atoms with van der Waals surface area (Å²) >= 11 is 1.65. The molecule has 1 N–H and O–H groups in total. The van der Waals surface area contributed by atoms with Crippen molar-refractivity contribution in [2.45, 2.75) is 72.6 Å². The van der Waals surface area contributed by atoms with E-state index < -0.39 is 0 Å². The van der Waals surface area contributed by atoms with Crippen LogP contribution in [0.3, 0.4) is 0 Å². The molecule has 0 fully saturated rings. The second-order valence-corrected chi connectivity index (χ2v) is 10.6. The van der Waals surface area contributed by atoms with E-state index in [0.29, 0.717) is 18.2 Å². The number of amides is 1. The number of aromatic nitrogens is 2. The van der Waals surface area contributed by atoms with Crippen LogP contribution in [0.15, 0.2) is 9.90 Å². The zero-order valence-electron chi connectivity index (χ0n) is 17.3. The van der Waals surface area contributed by atoms with Crippen molar-refractivity contribution in [1.29, 1.82) is 0 Å². The van der Waals surface area contributed by atoms with E-state index in [0.717, 1.165) is 47.7 Å². The van der Waals surface area contributed by atoms with Crippen LogP contribution in [0.25, 0.3) is 0 Å². The molecule has 0 aliphatic heterocycles. The monoisotopic (exact) mass is 389 g/mol. The Kier molecular flexibility index (Phi) is 5.48. The number of hydrogen-bond acceptors (Lipinski definition) is 5. The van der Waals surface area contributed by atoms with Gasteiger partial charge in [-0.1, -0.05) is 46.7 Å². The van der Waals surface area contributed by atoms with Gasteiger partial charge in [0.15, 0.2) is 5.69 Å². The first kappa shape index (κ1) is 20.1. The first-order chi connectivity index (χ1) is 12.6. The van der Waals surface area contributed by atoms with Gasteiger partial charge in [0.1, 0.15) is 5.76 Å². The fourth-order valence-corrected chi connectivity index (χ4v) is 4.48. The van der Waals surface area contributed by atoms with E-state index in [9.17, 15) is 4.79 Å². The normalized spacial score (nSPS) is 17.6. The number of rotatable bonds is 4. The second-order valence-electron chi connectivity index (χ2n) is 9.62. The number of fused-ring (bicyclic) bond motifs is 1. The smallest absolute Gasteiger partial charge is 0.273 e. The third kappa shape index (κ3) is 4.60. The second kappa shape index (κ2) is 7.38. The molecule has 1 atom stereocenters. The molecule has 0 saturated heterocycles. The van der Waals surface area contributed by atoms with Crippen molar-refractivity contribution < 1.29 is 9.32 Å². The van der Waals surface area contributed by atoms with Crippen LogP contribution in [0.5, 0.6) is 0 Å². The van der Waals surface area contributed by atoms with Crippen LogP contribution < -0.4 is 5.32 Å². The Morgan fingerprint density at radius 3 is 2.67 bits per heavy atom. The van der Waals surface area contributed by atoms with Gasteiger partial charge in [0, 0.05) is 35.7 Å². The minimum atomic E-state index is -0.137. The lowest BCUT2D eigenvalue weighted by molar-refractivity contribution is 0.0943. The van der Waals surface area contributed by atoms with E-state index in [-0.39, 0.29) is 16.7 Å². The van der Waals surface area contributed by atoms with Crippen molar-refractivity contribution >= 4 is 17.2 Å². The summed E-state index contributed by atoms with van der Waals surface area (Å²) in [7, 11) is 0. The Labute approximate surface area is 165 Å². The van der Waals surface area contributed by atoms with Gasteiger partial charge in [-0.25, -0.2) is 4.98 Å². The minimum Gasteiger partial charge on any atom is -0.360 e. The first-order valence-electron chi connectivity index (χ1n) is 9.76. The molecule has 6 heteroatoms. The highest BCUT2D eigenvalue weighted by atomic mass is 32.1. The van der Waals surface area contributed by atoms with Gasteiger partial charge >= 0.3 is 0 Å². The topological polar surface area (TPSA) is 68.0 Å². The SMILES string of the molecule is CC(C)(C)c1csc(CCNC(=O)c2noc3c2CC(C(C)(C)C)CC3)n1. The summed E-state index contributed by atoms with van der Waals surface area (Å²) in [6.45, 7) is 13.8. The van der Waals surface area contributed by atoms with E-state index in [1.54, 1.807) is 11.3 Å². The van der Waals surface area contributed by atoms with Gasteiger partial charge in [0.25, 0.3) is 5.91 Å². The average molecular weight is 390 g/mol. The number of aryl methyl sites for hydroxylation is 1. The molecule has 1 amide bonds. The lowest BCUT2D eigenvalue weighted by Crippen LogP contribution is -2.30. The van der Waals surface area contributed by atoms with E-state index in [2.05, 4.69) is 62.4 Å². The Bertz CT molecular complexity index is 808. The fraction of sp³-hybridized carbons (Fsp3) is 0.667. The van der Waals surface area contributed by atoms with Gasteiger partial charge in [0.05, 0.1) is 10.7 Å². The zero-order chi connectivity index (χ0) is 19.8. The van der Waals surface area contributed by atoms with Crippen LogP contribution in [-0.2, 0) is 24.7 Å². The Balaban J connectivity index is 1.60. The average Bonchev–Trinajstić information content (AvgIpc) is 3.19. The molecular weight excluding hydrogens is 358 g/mol. The van der Waals surface area contributed by atoms with E-state index >= 15 is 0 Å². The Morgan fingerprint density at radius 1 is 1.30 bits per heavy atom. The first-order valence-corrected chi connectivity index (χ1v) is 10.6. The molecule has 3 rings (SSSR count). The van der Waals surface area contributed by atoms with Crippen LogP contribution in [0.2, 0.25) is 0 Å². The van der Waals surface area contributed by atoms with Gasteiger partial charge in [0.2, 0.25) is 0 Å². The van der Waals surface area contributed by atoms with Gasteiger partial charge in [-0.05, 0) is 24.2 Å². The van der Waals surface area contributed by atoms with Gasteiger partial charge in [-0.3, -0.25) is 4.79 Å². The quantitative estimate of drug-likeness (QED) is 0.833. The van der Waals surface area contributed by atoms with Crippen LogP contribution in [0.4, 0.5) is 0 Å². The number of carbonyl (C=O) groups is 1. The molecule has 5 nitrogen and oxygen atoms in total. The Morgan fingerprint density at radius 2 is 2.04 bits per heavy atom. The van der Waals surface area contributed by atoms with Gasteiger partial charge in [-0.15, -0.1) is 11.3 Å². The van der Waals surface area contributed by atoms with Gasteiger partial charge in [-0.2, -0.15) is 0 Å². The van der Waals surface area contributed by atoms with Crippen molar-refractivity contribution in [2.75, 3.05) is 6.54 Å². The summed E-state index contributed by atoms with van der Waals surface area (Å²) in [5.41, 5.74) is 2.85. The Hall–Kier alpha value is -1.69. The highest BCUT2D eigenvalue weighted by Gasteiger charge is 2.34. The largest absolute Gasteiger partial charge is 0.360 e. The predicted octanol–water partition coefficient (Wildman–Crippen LogP) is 4.55. The van der Waals surface area contributed by atoms with Gasteiger partial charge < -0.3 is 9.84 Å². The highest BCUT2D eigenvalue weighted by Crippen LogP contribution is 2.38. The molecule has 1 aliphatic rings. The molecule has 0 saturated carbocycles. The van der Waals surface area contributed by atoms with Crippen LogP contribution in [-0.4, -0.2) is 22.6 Å². The summed E-state index contributed by atoms with van der Waals surface area (Å²) in [4.78, 5) is 17.3. The predicted molar refractivity (Wildman–Crippen MR) is 108 cm³/mol. The summed E-state index contributed by atoms with van der Waals surface area (Å²) in [5, 5.41) is 10.2. The number of thiazole rings is 1. The highest BCUT2D eigenvalue weighted by molar-refractivity contribution is 7.09. The molecule has 2 heterocycles. The van der Waals surface area contributed by atoms with Crippen molar-refractivity contribution in [1.82, 2.24) is 15.5 Å². The molecule has 2 aromatic rings. The third-order valence-corrected chi connectivity index (χ3v) is 6.33. The summed E-state index contributed by atoms with van der Waals surface area (Å²) < 4.78 is 5.45. The molecule has 0 bridgehead atoms. The van der Waals surface area contributed by atoms with Crippen molar-refractivity contribution in [3.05, 3.63) is 33.1 Å². The number of nitrogens with one attached hydrogen (secondary N) is 1. The maximum atomic E-state index is 12.6. The standard InChI is InChI=1S/C21H31N3O2S/c1-20(2,3)13-7-8-15-14(11-13)18(24-26-15)19(25)22-10-9-17-23-16(12-27-17)21(4,5)6/h12-13H,7-11H2,1-6H3,(H,22,25). The van der Waals surface area contributed by atoms with E-state index in [4.69, 9.17) is 4.52 Å².